The molecule has 1 aromatic heterocycles. The van der Waals surface area contributed by atoms with Crippen molar-refractivity contribution in [3.63, 3.8) is 0 Å². The average molecular weight is 296 g/mol. The minimum absolute atomic E-state index is 0.0551. The van der Waals surface area contributed by atoms with Gasteiger partial charge in [-0.15, -0.1) is 11.3 Å². The van der Waals surface area contributed by atoms with Crippen molar-refractivity contribution in [2.24, 2.45) is 0 Å². The number of nitrogens with one attached hydrogen (secondary N) is 1. The molecule has 4 heteroatoms. The molecule has 2 unspecified atom stereocenters. The van der Waals surface area contributed by atoms with Gasteiger partial charge >= 0.3 is 0 Å². The van der Waals surface area contributed by atoms with Gasteiger partial charge in [0.05, 0.1) is 11.1 Å². The van der Waals surface area contributed by atoms with Crippen LogP contribution >= 0.6 is 22.9 Å². The summed E-state index contributed by atoms with van der Waals surface area (Å²) < 4.78 is 6.91. The zero-order chi connectivity index (χ0) is 13.5. The molecule has 1 fully saturated rings. The maximum atomic E-state index is 6.46. The Hall–Kier alpha value is -0.610. The summed E-state index contributed by atoms with van der Waals surface area (Å²) in [4.78, 5) is 1.21. The molecule has 2 nitrogen and oxygen atoms in total. The number of hydrogen-bond acceptors (Lipinski definition) is 3. The van der Waals surface area contributed by atoms with Crippen molar-refractivity contribution in [3.8, 4) is 0 Å². The van der Waals surface area contributed by atoms with E-state index in [2.05, 4.69) is 37.4 Å². The summed E-state index contributed by atoms with van der Waals surface area (Å²) in [6.07, 6.45) is 1.30. The summed E-state index contributed by atoms with van der Waals surface area (Å²) in [6.45, 7) is 6.01. The van der Waals surface area contributed by atoms with Crippen LogP contribution in [0.1, 0.15) is 25.1 Å². The van der Waals surface area contributed by atoms with Crippen molar-refractivity contribution in [3.05, 3.63) is 34.2 Å². The van der Waals surface area contributed by atoms with Gasteiger partial charge in [0, 0.05) is 33.7 Å². The number of halogens is 1. The van der Waals surface area contributed by atoms with Gasteiger partial charge in [-0.2, -0.15) is 0 Å². The third-order valence-corrected chi connectivity index (χ3v) is 5.86. The van der Waals surface area contributed by atoms with Crippen molar-refractivity contribution >= 4 is 33.0 Å². The van der Waals surface area contributed by atoms with Gasteiger partial charge in [-0.3, -0.25) is 0 Å². The average Bonchev–Trinajstić information content (AvgIpc) is 2.90. The molecule has 102 valence electrons. The van der Waals surface area contributed by atoms with Crippen molar-refractivity contribution in [2.75, 3.05) is 6.61 Å². The maximum Gasteiger partial charge on any atom is 0.0726 e. The van der Waals surface area contributed by atoms with Crippen molar-refractivity contribution < 1.29 is 4.74 Å². The van der Waals surface area contributed by atoms with Crippen molar-refractivity contribution in [1.29, 1.82) is 0 Å². The molecule has 0 saturated carbocycles. The number of ether oxygens (including phenoxy) is 1. The van der Waals surface area contributed by atoms with E-state index < -0.39 is 0 Å². The Morgan fingerprint density at radius 2 is 2.26 bits per heavy atom. The Kier molecular flexibility index (Phi) is 3.56. The van der Waals surface area contributed by atoms with E-state index in [9.17, 15) is 0 Å². The molecule has 19 heavy (non-hydrogen) atoms. The first-order valence-electron chi connectivity index (χ1n) is 6.63. The molecule has 0 radical (unpaired) electrons. The number of rotatable bonds is 3. The maximum absolute atomic E-state index is 6.46. The van der Waals surface area contributed by atoms with E-state index in [1.54, 1.807) is 11.3 Å². The molecular formula is C15H18ClNOS. The van der Waals surface area contributed by atoms with Crippen molar-refractivity contribution in [2.45, 2.75) is 38.5 Å². The summed E-state index contributed by atoms with van der Waals surface area (Å²) in [5.74, 6) is 0. The van der Waals surface area contributed by atoms with E-state index in [1.807, 2.05) is 6.07 Å². The SMILES string of the molecule is CC1OCCC1(C)NCc1sc2ccccc2c1Cl. The fourth-order valence-corrected chi connectivity index (χ4v) is 3.97. The van der Waals surface area contributed by atoms with Gasteiger partial charge in [0.1, 0.15) is 0 Å². The molecule has 1 N–H and O–H groups in total. The standard InChI is InChI=1S/C15H18ClNOS/c1-10-15(2,7-8-18-10)17-9-13-14(16)11-5-3-4-6-12(11)19-13/h3-6,10,17H,7-9H2,1-2H3. The molecule has 0 spiro atoms. The van der Waals surface area contributed by atoms with Gasteiger partial charge in [-0.05, 0) is 26.3 Å². The summed E-state index contributed by atoms with van der Waals surface area (Å²) in [7, 11) is 0. The first-order chi connectivity index (χ1) is 9.10. The van der Waals surface area contributed by atoms with Crippen molar-refractivity contribution in [1.82, 2.24) is 5.32 Å². The molecule has 1 aliphatic heterocycles. The largest absolute Gasteiger partial charge is 0.377 e. The predicted octanol–water partition coefficient (Wildman–Crippen LogP) is 4.21. The highest BCUT2D eigenvalue weighted by Crippen LogP contribution is 2.36. The fourth-order valence-electron chi connectivity index (χ4n) is 2.53. The van der Waals surface area contributed by atoms with Crippen LogP contribution < -0.4 is 5.32 Å². The van der Waals surface area contributed by atoms with Gasteiger partial charge in [-0.1, -0.05) is 29.8 Å². The third kappa shape index (κ3) is 2.40. The summed E-state index contributed by atoms with van der Waals surface area (Å²) in [5.41, 5.74) is 0.0551. The third-order valence-electron chi connectivity index (χ3n) is 4.14. The molecule has 2 atom stereocenters. The predicted molar refractivity (Wildman–Crippen MR) is 82.1 cm³/mol. The van der Waals surface area contributed by atoms with Crippen LogP contribution in [-0.4, -0.2) is 18.2 Å². The van der Waals surface area contributed by atoms with E-state index in [4.69, 9.17) is 16.3 Å². The zero-order valence-electron chi connectivity index (χ0n) is 11.2. The van der Waals surface area contributed by atoms with Gasteiger partial charge in [0.2, 0.25) is 0 Å². The normalized spacial score (nSPS) is 27.2. The van der Waals surface area contributed by atoms with Crippen LogP contribution in [0.25, 0.3) is 10.1 Å². The number of thiophene rings is 1. The lowest BCUT2D eigenvalue weighted by atomic mass is 9.95. The summed E-state index contributed by atoms with van der Waals surface area (Å²) in [5, 5.41) is 5.68. The van der Waals surface area contributed by atoms with Crippen LogP contribution in [0.3, 0.4) is 0 Å². The van der Waals surface area contributed by atoms with Crippen LogP contribution in [0.2, 0.25) is 5.02 Å². The number of benzene rings is 1. The second kappa shape index (κ2) is 5.06. The van der Waals surface area contributed by atoms with Gasteiger partial charge in [0.15, 0.2) is 0 Å². The van der Waals surface area contributed by atoms with Crippen LogP contribution in [0.4, 0.5) is 0 Å². The van der Waals surface area contributed by atoms with Gasteiger partial charge in [0.25, 0.3) is 0 Å². The molecule has 2 aromatic rings. The number of hydrogen-bond donors (Lipinski definition) is 1. The first-order valence-corrected chi connectivity index (χ1v) is 7.82. The Bertz CT molecular complexity index is 597. The second-order valence-corrected chi connectivity index (χ2v) is 6.88. The molecule has 1 saturated heterocycles. The molecule has 3 rings (SSSR count). The minimum Gasteiger partial charge on any atom is -0.377 e. The topological polar surface area (TPSA) is 21.3 Å². The quantitative estimate of drug-likeness (QED) is 0.916. The van der Waals surface area contributed by atoms with Gasteiger partial charge in [-0.25, -0.2) is 0 Å². The molecular weight excluding hydrogens is 278 g/mol. The molecule has 0 bridgehead atoms. The lowest BCUT2D eigenvalue weighted by molar-refractivity contribution is 0.0882. The molecule has 1 aromatic carbocycles. The smallest absolute Gasteiger partial charge is 0.0726 e. The van der Waals surface area contributed by atoms with E-state index in [0.717, 1.165) is 30.0 Å². The first kappa shape index (κ1) is 13.4. The second-order valence-electron chi connectivity index (χ2n) is 5.37. The van der Waals surface area contributed by atoms with Crippen LogP contribution in [-0.2, 0) is 11.3 Å². The van der Waals surface area contributed by atoms with Crippen LogP contribution in [0.5, 0.6) is 0 Å². The summed E-state index contributed by atoms with van der Waals surface area (Å²) in [6, 6.07) is 8.30. The molecule has 2 heterocycles. The molecule has 0 aliphatic carbocycles. The highest BCUT2D eigenvalue weighted by atomic mass is 35.5. The minimum atomic E-state index is 0.0551. The van der Waals surface area contributed by atoms with Crippen LogP contribution in [0.15, 0.2) is 24.3 Å². The van der Waals surface area contributed by atoms with Crippen LogP contribution in [0, 0.1) is 0 Å². The Labute approximate surface area is 122 Å². The van der Waals surface area contributed by atoms with E-state index in [0.29, 0.717) is 0 Å². The Balaban J connectivity index is 1.80. The lowest BCUT2D eigenvalue weighted by Gasteiger charge is -2.28. The number of fused-ring (bicyclic) bond motifs is 1. The summed E-state index contributed by atoms with van der Waals surface area (Å²) >= 11 is 8.24. The monoisotopic (exact) mass is 295 g/mol. The Morgan fingerprint density at radius 1 is 1.47 bits per heavy atom. The fraction of sp³-hybridized carbons (Fsp3) is 0.467. The highest BCUT2D eigenvalue weighted by molar-refractivity contribution is 7.19. The molecule has 0 amide bonds. The molecule has 1 aliphatic rings. The van der Waals surface area contributed by atoms with Gasteiger partial charge < -0.3 is 10.1 Å². The Morgan fingerprint density at radius 3 is 2.95 bits per heavy atom. The van der Waals surface area contributed by atoms with E-state index >= 15 is 0 Å². The zero-order valence-corrected chi connectivity index (χ0v) is 12.8. The lowest BCUT2D eigenvalue weighted by Crippen LogP contribution is -2.47. The highest BCUT2D eigenvalue weighted by Gasteiger charge is 2.36. The van der Waals surface area contributed by atoms with E-state index in [1.165, 1.54) is 9.58 Å². The van der Waals surface area contributed by atoms with E-state index in [-0.39, 0.29) is 11.6 Å².